The fourth-order valence-electron chi connectivity index (χ4n) is 1.67. The molecule has 0 aromatic heterocycles. The Morgan fingerprint density at radius 3 is 2.56 bits per heavy atom. The average molecular weight is 307 g/mol. The second kappa shape index (κ2) is 5.55. The SMILES string of the molecule is Cc1cccc(Oc2ccc(C(C)O)cc2Br)c1. The van der Waals surface area contributed by atoms with Crippen LogP contribution in [0.3, 0.4) is 0 Å². The number of aliphatic hydroxyl groups is 1. The van der Waals surface area contributed by atoms with Gasteiger partial charge < -0.3 is 9.84 Å². The van der Waals surface area contributed by atoms with Gasteiger partial charge in [-0.15, -0.1) is 0 Å². The molecule has 18 heavy (non-hydrogen) atoms. The van der Waals surface area contributed by atoms with Gasteiger partial charge in [0.25, 0.3) is 0 Å². The van der Waals surface area contributed by atoms with Gasteiger partial charge in [-0.3, -0.25) is 0 Å². The lowest BCUT2D eigenvalue weighted by atomic mass is 10.1. The molecule has 0 spiro atoms. The Morgan fingerprint density at radius 1 is 1.17 bits per heavy atom. The van der Waals surface area contributed by atoms with Crippen LogP contribution in [0.1, 0.15) is 24.2 Å². The molecule has 0 aliphatic heterocycles. The van der Waals surface area contributed by atoms with E-state index in [2.05, 4.69) is 15.9 Å². The third-order valence-electron chi connectivity index (χ3n) is 2.66. The van der Waals surface area contributed by atoms with Crippen molar-refractivity contribution in [2.24, 2.45) is 0 Å². The summed E-state index contributed by atoms with van der Waals surface area (Å²) in [5.41, 5.74) is 2.02. The minimum absolute atomic E-state index is 0.477. The van der Waals surface area contributed by atoms with E-state index >= 15 is 0 Å². The van der Waals surface area contributed by atoms with Gasteiger partial charge in [0.1, 0.15) is 11.5 Å². The van der Waals surface area contributed by atoms with E-state index in [0.717, 1.165) is 27.1 Å². The normalized spacial score (nSPS) is 12.2. The van der Waals surface area contributed by atoms with Crippen molar-refractivity contribution in [3.63, 3.8) is 0 Å². The van der Waals surface area contributed by atoms with Crippen LogP contribution in [0.5, 0.6) is 11.5 Å². The maximum Gasteiger partial charge on any atom is 0.141 e. The monoisotopic (exact) mass is 306 g/mol. The van der Waals surface area contributed by atoms with Crippen LogP contribution in [0.2, 0.25) is 0 Å². The van der Waals surface area contributed by atoms with Crippen molar-refractivity contribution in [3.8, 4) is 11.5 Å². The first kappa shape index (κ1) is 13.1. The molecule has 0 amide bonds. The summed E-state index contributed by atoms with van der Waals surface area (Å²) in [5, 5.41) is 9.50. The van der Waals surface area contributed by atoms with E-state index in [0.29, 0.717) is 0 Å². The van der Waals surface area contributed by atoms with Gasteiger partial charge in [-0.1, -0.05) is 18.2 Å². The fourth-order valence-corrected chi connectivity index (χ4v) is 2.14. The van der Waals surface area contributed by atoms with E-state index < -0.39 is 6.10 Å². The fraction of sp³-hybridized carbons (Fsp3) is 0.200. The molecule has 1 atom stereocenters. The number of aryl methyl sites for hydroxylation is 1. The van der Waals surface area contributed by atoms with Crippen molar-refractivity contribution in [2.45, 2.75) is 20.0 Å². The topological polar surface area (TPSA) is 29.5 Å². The van der Waals surface area contributed by atoms with E-state index in [4.69, 9.17) is 4.74 Å². The highest BCUT2D eigenvalue weighted by atomic mass is 79.9. The standard InChI is InChI=1S/C15H15BrO2/c1-10-4-3-5-13(8-10)18-15-7-6-12(11(2)17)9-14(15)16/h3-9,11,17H,1-2H3. The van der Waals surface area contributed by atoms with E-state index in [1.807, 2.05) is 49.4 Å². The van der Waals surface area contributed by atoms with Crippen LogP contribution in [0, 0.1) is 6.92 Å². The third kappa shape index (κ3) is 3.12. The number of benzene rings is 2. The van der Waals surface area contributed by atoms with Crippen LogP contribution in [0.25, 0.3) is 0 Å². The molecular formula is C15H15BrO2. The third-order valence-corrected chi connectivity index (χ3v) is 3.28. The van der Waals surface area contributed by atoms with E-state index in [1.165, 1.54) is 0 Å². The summed E-state index contributed by atoms with van der Waals surface area (Å²) in [5.74, 6) is 1.55. The van der Waals surface area contributed by atoms with Gasteiger partial charge in [-0.25, -0.2) is 0 Å². The number of aliphatic hydroxyl groups excluding tert-OH is 1. The first-order valence-electron chi connectivity index (χ1n) is 5.78. The quantitative estimate of drug-likeness (QED) is 0.897. The Bertz CT molecular complexity index is 550. The highest BCUT2D eigenvalue weighted by molar-refractivity contribution is 9.10. The molecule has 2 nitrogen and oxygen atoms in total. The molecule has 0 bridgehead atoms. The first-order valence-corrected chi connectivity index (χ1v) is 6.57. The van der Waals surface area contributed by atoms with Gasteiger partial charge in [0, 0.05) is 0 Å². The summed E-state index contributed by atoms with van der Waals surface area (Å²) >= 11 is 3.46. The Morgan fingerprint density at radius 2 is 1.94 bits per heavy atom. The predicted octanol–water partition coefficient (Wildman–Crippen LogP) is 4.60. The van der Waals surface area contributed by atoms with Gasteiger partial charge in [0.15, 0.2) is 0 Å². The van der Waals surface area contributed by atoms with E-state index in [-0.39, 0.29) is 0 Å². The molecular weight excluding hydrogens is 292 g/mol. The Balaban J connectivity index is 2.24. The van der Waals surface area contributed by atoms with Gasteiger partial charge >= 0.3 is 0 Å². The van der Waals surface area contributed by atoms with Crippen LogP contribution in [0.4, 0.5) is 0 Å². The largest absolute Gasteiger partial charge is 0.456 e. The molecule has 0 heterocycles. The molecule has 2 aromatic carbocycles. The van der Waals surface area contributed by atoms with Crippen molar-refractivity contribution in [3.05, 3.63) is 58.1 Å². The van der Waals surface area contributed by atoms with Crippen molar-refractivity contribution in [1.29, 1.82) is 0 Å². The Labute approximate surface area is 115 Å². The molecule has 0 aliphatic carbocycles. The lowest BCUT2D eigenvalue weighted by Crippen LogP contribution is -1.92. The highest BCUT2D eigenvalue weighted by Gasteiger charge is 2.07. The summed E-state index contributed by atoms with van der Waals surface area (Å²) in [6.45, 7) is 3.77. The zero-order valence-corrected chi connectivity index (χ0v) is 11.9. The first-order chi connectivity index (χ1) is 8.56. The maximum atomic E-state index is 9.50. The average Bonchev–Trinajstić information content (AvgIpc) is 2.31. The van der Waals surface area contributed by atoms with Gasteiger partial charge in [-0.05, 0) is 65.2 Å². The molecule has 1 N–H and O–H groups in total. The summed E-state index contributed by atoms with van der Waals surface area (Å²) in [7, 11) is 0. The van der Waals surface area contributed by atoms with Gasteiger partial charge in [0.05, 0.1) is 10.6 Å². The molecule has 0 aliphatic rings. The minimum atomic E-state index is -0.477. The zero-order valence-electron chi connectivity index (χ0n) is 10.4. The summed E-state index contributed by atoms with van der Waals surface area (Å²) in [6, 6.07) is 13.5. The molecule has 0 saturated heterocycles. The molecule has 2 rings (SSSR count). The second-order valence-corrected chi connectivity index (χ2v) is 5.14. The van der Waals surface area contributed by atoms with Crippen LogP contribution < -0.4 is 4.74 Å². The van der Waals surface area contributed by atoms with E-state index in [1.54, 1.807) is 6.92 Å². The van der Waals surface area contributed by atoms with E-state index in [9.17, 15) is 5.11 Å². The Hall–Kier alpha value is -1.32. The summed E-state index contributed by atoms with van der Waals surface area (Å²) in [4.78, 5) is 0. The molecule has 0 radical (unpaired) electrons. The molecule has 0 fully saturated rings. The van der Waals surface area contributed by atoms with Crippen LogP contribution >= 0.6 is 15.9 Å². The molecule has 1 unspecified atom stereocenters. The summed E-state index contributed by atoms with van der Waals surface area (Å²) in [6.07, 6.45) is -0.477. The molecule has 2 aromatic rings. The van der Waals surface area contributed by atoms with Crippen LogP contribution in [-0.2, 0) is 0 Å². The number of halogens is 1. The Kier molecular flexibility index (Phi) is 4.04. The van der Waals surface area contributed by atoms with Crippen molar-refractivity contribution in [2.75, 3.05) is 0 Å². The number of ether oxygens (including phenoxy) is 1. The van der Waals surface area contributed by atoms with Crippen molar-refractivity contribution >= 4 is 15.9 Å². The number of rotatable bonds is 3. The highest BCUT2D eigenvalue weighted by Crippen LogP contribution is 2.32. The maximum absolute atomic E-state index is 9.50. The van der Waals surface area contributed by atoms with Crippen molar-refractivity contribution in [1.82, 2.24) is 0 Å². The molecule has 94 valence electrons. The predicted molar refractivity (Wildman–Crippen MR) is 76.0 cm³/mol. The number of hydrogen-bond donors (Lipinski definition) is 1. The van der Waals surface area contributed by atoms with Gasteiger partial charge in [-0.2, -0.15) is 0 Å². The molecule has 3 heteroatoms. The smallest absolute Gasteiger partial charge is 0.141 e. The lowest BCUT2D eigenvalue weighted by molar-refractivity contribution is 0.199. The second-order valence-electron chi connectivity index (χ2n) is 4.28. The number of hydrogen-bond acceptors (Lipinski definition) is 2. The molecule has 0 saturated carbocycles. The zero-order chi connectivity index (χ0) is 13.1. The van der Waals surface area contributed by atoms with Gasteiger partial charge in [0.2, 0.25) is 0 Å². The summed E-state index contributed by atoms with van der Waals surface area (Å²) < 4.78 is 6.63. The van der Waals surface area contributed by atoms with Crippen molar-refractivity contribution < 1.29 is 9.84 Å². The lowest BCUT2D eigenvalue weighted by Gasteiger charge is -2.11. The van der Waals surface area contributed by atoms with Crippen LogP contribution in [-0.4, -0.2) is 5.11 Å². The minimum Gasteiger partial charge on any atom is -0.456 e. The van der Waals surface area contributed by atoms with Crippen LogP contribution in [0.15, 0.2) is 46.9 Å².